The molecule has 0 radical (unpaired) electrons. The van der Waals surface area contributed by atoms with Gasteiger partial charge in [0.2, 0.25) is 0 Å². The van der Waals surface area contributed by atoms with Gasteiger partial charge in [-0.3, -0.25) is 0 Å². The van der Waals surface area contributed by atoms with Crippen LogP contribution >= 0.6 is 0 Å². The van der Waals surface area contributed by atoms with E-state index in [0.717, 1.165) is 5.56 Å². The first-order chi connectivity index (χ1) is 7.11. The Morgan fingerprint density at radius 1 is 1.27 bits per heavy atom. The van der Waals surface area contributed by atoms with Gasteiger partial charge < -0.3 is 4.84 Å². The fourth-order valence-corrected chi connectivity index (χ4v) is 0.951. The topological polar surface area (TPSA) is 38.7 Å². The van der Waals surface area contributed by atoms with E-state index in [2.05, 4.69) is 5.16 Å². The number of nitrogens with zero attached hydrogens (tertiary/aromatic N) is 1. The minimum atomic E-state index is -0.315. The van der Waals surface area contributed by atoms with Crippen molar-refractivity contribution in [2.24, 2.45) is 11.1 Å². The van der Waals surface area contributed by atoms with Crippen LogP contribution in [0.4, 0.5) is 0 Å². The predicted molar refractivity (Wildman–Crippen MR) is 59.6 cm³/mol. The Labute approximate surface area is 89.7 Å². The van der Waals surface area contributed by atoms with Gasteiger partial charge in [0.1, 0.15) is 0 Å². The lowest BCUT2D eigenvalue weighted by Crippen LogP contribution is -2.09. The second-order valence-corrected chi connectivity index (χ2v) is 3.61. The fraction of sp³-hybridized carbons (Fsp3) is 0.333. The van der Waals surface area contributed by atoms with E-state index in [1.54, 1.807) is 13.8 Å². The Kier molecular flexibility index (Phi) is 4.03. The van der Waals surface area contributed by atoms with Gasteiger partial charge >= 0.3 is 5.97 Å². The van der Waals surface area contributed by atoms with Crippen molar-refractivity contribution in [2.45, 2.75) is 20.8 Å². The number of carbonyl (C=O) groups excluding carboxylic acids is 1. The summed E-state index contributed by atoms with van der Waals surface area (Å²) in [7, 11) is 0. The van der Waals surface area contributed by atoms with Crippen molar-refractivity contribution in [3.05, 3.63) is 35.9 Å². The van der Waals surface area contributed by atoms with Gasteiger partial charge in [0.15, 0.2) is 0 Å². The number of hydrogen-bond donors (Lipinski definition) is 0. The van der Waals surface area contributed by atoms with Gasteiger partial charge in [-0.05, 0) is 12.5 Å². The van der Waals surface area contributed by atoms with Gasteiger partial charge in [-0.1, -0.05) is 49.3 Å². The smallest absolute Gasteiger partial charge is 0.318 e. The second kappa shape index (κ2) is 5.29. The van der Waals surface area contributed by atoms with Gasteiger partial charge in [0.05, 0.1) is 11.6 Å². The van der Waals surface area contributed by atoms with Crippen LogP contribution in [0.15, 0.2) is 35.5 Å². The first-order valence-corrected chi connectivity index (χ1v) is 4.92. The molecule has 0 amide bonds. The van der Waals surface area contributed by atoms with Crippen LogP contribution in [0.2, 0.25) is 0 Å². The first kappa shape index (κ1) is 11.4. The van der Waals surface area contributed by atoms with Crippen molar-refractivity contribution in [3.8, 4) is 0 Å². The molecular weight excluding hydrogens is 190 g/mol. The van der Waals surface area contributed by atoms with E-state index in [1.807, 2.05) is 37.3 Å². The number of benzene rings is 1. The summed E-state index contributed by atoms with van der Waals surface area (Å²) >= 11 is 0. The van der Waals surface area contributed by atoms with E-state index in [0.29, 0.717) is 5.71 Å². The summed E-state index contributed by atoms with van der Waals surface area (Å²) in [6, 6.07) is 9.60. The highest BCUT2D eigenvalue weighted by molar-refractivity contribution is 5.98. The molecule has 0 N–H and O–H groups in total. The zero-order chi connectivity index (χ0) is 11.3. The lowest BCUT2D eigenvalue weighted by Gasteiger charge is -2.02. The minimum absolute atomic E-state index is 0.155. The summed E-state index contributed by atoms with van der Waals surface area (Å²) in [6.45, 7) is 5.36. The summed E-state index contributed by atoms with van der Waals surface area (Å²) in [6.07, 6.45) is 0. The van der Waals surface area contributed by atoms with Gasteiger partial charge in [-0.15, -0.1) is 0 Å². The molecule has 0 aliphatic heterocycles. The highest BCUT2D eigenvalue weighted by Crippen LogP contribution is 2.02. The van der Waals surface area contributed by atoms with Crippen LogP contribution in [-0.2, 0) is 9.63 Å². The molecule has 0 aliphatic carbocycles. The van der Waals surface area contributed by atoms with Crippen molar-refractivity contribution < 1.29 is 9.63 Å². The van der Waals surface area contributed by atoms with Crippen LogP contribution in [0.25, 0.3) is 0 Å². The number of hydrogen-bond acceptors (Lipinski definition) is 3. The molecule has 1 rings (SSSR count). The van der Waals surface area contributed by atoms with E-state index >= 15 is 0 Å². The first-order valence-electron chi connectivity index (χ1n) is 4.92. The maximum atomic E-state index is 11.1. The van der Waals surface area contributed by atoms with Crippen LogP contribution in [0.3, 0.4) is 0 Å². The third-order valence-corrected chi connectivity index (χ3v) is 1.94. The van der Waals surface area contributed by atoms with Crippen molar-refractivity contribution in [1.29, 1.82) is 0 Å². The van der Waals surface area contributed by atoms with E-state index in [9.17, 15) is 4.79 Å². The Morgan fingerprint density at radius 2 is 1.87 bits per heavy atom. The summed E-state index contributed by atoms with van der Waals surface area (Å²) in [5.74, 6) is -0.470. The zero-order valence-electron chi connectivity index (χ0n) is 9.23. The summed E-state index contributed by atoms with van der Waals surface area (Å²) in [4.78, 5) is 15.9. The highest BCUT2D eigenvalue weighted by atomic mass is 16.7. The lowest BCUT2D eigenvalue weighted by atomic mass is 10.1. The standard InChI is InChI=1S/C12H15NO2/c1-9(2)12(14)15-13-10(3)11-7-5-4-6-8-11/h4-9H,1-3H3/b13-10+. The average Bonchev–Trinajstić information content (AvgIpc) is 2.26. The summed E-state index contributed by atoms with van der Waals surface area (Å²) < 4.78 is 0. The molecule has 0 saturated heterocycles. The Bertz CT molecular complexity index is 355. The van der Waals surface area contributed by atoms with Gasteiger partial charge in [0, 0.05) is 0 Å². The van der Waals surface area contributed by atoms with Crippen LogP contribution in [0.5, 0.6) is 0 Å². The zero-order valence-corrected chi connectivity index (χ0v) is 9.23. The molecule has 15 heavy (non-hydrogen) atoms. The number of oxime groups is 1. The van der Waals surface area contributed by atoms with Gasteiger partial charge in [-0.2, -0.15) is 0 Å². The van der Waals surface area contributed by atoms with Crippen molar-refractivity contribution in [1.82, 2.24) is 0 Å². The highest BCUT2D eigenvalue weighted by Gasteiger charge is 2.08. The third-order valence-electron chi connectivity index (χ3n) is 1.94. The van der Waals surface area contributed by atoms with Gasteiger partial charge in [0.25, 0.3) is 0 Å². The Balaban J connectivity index is 2.65. The predicted octanol–water partition coefficient (Wildman–Crippen LogP) is 2.61. The molecule has 0 unspecified atom stereocenters. The minimum Gasteiger partial charge on any atom is -0.318 e. The normalized spacial score (nSPS) is 11.6. The molecule has 0 fully saturated rings. The van der Waals surface area contributed by atoms with E-state index in [-0.39, 0.29) is 11.9 Å². The number of carbonyl (C=O) groups is 1. The molecule has 3 nitrogen and oxygen atoms in total. The van der Waals surface area contributed by atoms with Crippen molar-refractivity contribution in [2.75, 3.05) is 0 Å². The van der Waals surface area contributed by atoms with E-state index in [1.165, 1.54) is 0 Å². The summed E-state index contributed by atoms with van der Waals surface area (Å²) in [5.41, 5.74) is 1.65. The molecule has 1 aromatic rings. The molecule has 0 saturated carbocycles. The molecule has 0 aliphatic rings. The molecule has 1 aromatic carbocycles. The van der Waals surface area contributed by atoms with Crippen molar-refractivity contribution >= 4 is 11.7 Å². The van der Waals surface area contributed by atoms with Crippen LogP contribution < -0.4 is 0 Å². The van der Waals surface area contributed by atoms with E-state index < -0.39 is 0 Å². The molecule has 3 heteroatoms. The molecular formula is C12H15NO2. The number of rotatable bonds is 3. The SMILES string of the molecule is C/C(=N\OC(=O)C(C)C)c1ccccc1. The monoisotopic (exact) mass is 205 g/mol. The lowest BCUT2D eigenvalue weighted by molar-refractivity contribution is -0.147. The maximum absolute atomic E-state index is 11.1. The molecule has 0 aromatic heterocycles. The molecule has 0 atom stereocenters. The Hall–Kier alpha value is -1.64. The van der Waals surface area contributed by atoms with Gasteiger partial charge in [-0.25, -0.2) is 4.79 Å². The fourth-order valence-electron chi connectivity index (χ4n) is 0.951. The molecule has 0 spiro atoms. The van der Waals surface area contributed by atoms with Crippen molar-refractivity contribution in [3.63, 3.8) is 0 Å². The van der Waals surface area contributed by atoms with Crippen LogP contribution in [-0.4, -0.2) is 11.7 Å². The molecule has 0 bridgehead atoms. The average molecular weight is 205 g/mol. The van der Waals surface area contributed by atoms with E-state index in [4.69, 9.17) is 4.84 Å². The second-order valence-electron chi connectivity index (χ2n) is 3.61. The van der Waals surface area contributed by atoms with Crippen LogP contribution in [0, 0.1) is 5.92 Å². The largest absolute Gasteiger partial charge is 0.337 e. The maximum Gasteiger partial charge on any atom is 0.337 e. The summed E-state index contributed by atoms with van der Waals surface area (Å²) in [5, 5.41) is 3.78. The Morgan fingerprint density at radius 3 is 2.40 bits per heavy atom. The molecule has 0 heterocycles. The third kappa shape index (κ3) is 3.54. The van der Waals surface area contributed by atoms with Crippen LogP contribution in [0.1, 0.15) is 26.3 Å². The quantitative estimate of drug-likeness (QED) is 0.432. The molecule has 80 valence electrons.